The molecule has 1 aromatic carbocycles. The second-order valence-corrected chi connectivity index (χ2v) is 4.86. The molecule has 0 fully saturated rings. The molecular formula is C16H24N2O2. The summed E-state index contributed by atoms with van der Waals surface area (Å²) in [6.45, 7) is 5.29. The molecule has 1 amide bonds. The Hall–Kier alpha value is -1.81. The van der Waals surface area contributed by atoms with Crippen LogP contribution in [-0.2, 0) is 4.79 Å². The molecule has 1 aromatic rings. The van der Waals surface area contributed by atoms with Crippen molar-refractivity contribution >= 4 is 12.0 Å². The maximum Gasteiger partial charge on any atom is 0.243 e. The van der Waals surface area contributed by atoms with Crippen LogP contribution in [0.5, 0.6) is 5.75 Å². The van der Waals surface area contributed by atoms with Crippen molar-refractivity contribution in [1.82, 2.24) is 5.32 Å². The number of ether oxygens (including phenoxy) is 1. The van der Waals surface area contributed by atoms with E-state index in [1.165, 1.54) is 6.08 Å². The van der Waals surface area contributed by atoms with Crippen LogP contribution >= 0.6 is 0 Å². The molecule has 0 aliphatic carbocycles. The Kier molecular flexibility index (Phi) is 7.43. The van der Waals surface area contributed by atoms with Gasteiger partial charge >= 0.3 is 0 Å². The van der Waals surface area contributed by atoms with Gasteiger partial charge in [0.15, 0.2) is 0 Å². The molecule has 0 aliphatic heterocycles. The van der Waals surface area contributed by atoms with Gasteiger partial charge in [0.1, 0.15) is 5.75 Å². The van der Waals surface area contributed by atoms with Crippen LogP contribution in [0, 0.1) is 0 Å². The van der Waals surface area contributed by atoms with Gasteiger partial charge in [0.25, 0.3) is 0 Å². The zero-order valence-electron chi connectivity index (χ0n) is 12.3. The zero-order valence-corrected chi connectivity index (χ0v) is 12.3. The Bertz CT molecular complexity index is 442. The predicted molar refractivity (Wildman–Crippen MR) is 82.5 cm³/mol. The molecule has 0 heterocycles. The first-order chi connectivity index (χ1) is 9.61. The molecule has 4 nitrogen and oxygen atoms in total. The average Bonchev–Trinajstić information content (AvgIpc) is 2.41. The molecule has 0 spiro atoms. The number of nitrogens with two attached hydrogens (primary N) is 1. The van der Waals surface area contributed by atoms with Crippen molar-refractivity contribution in [1.29, 1.82) is 0 Å². The van der Waals surface area contributed by atoms with Gasteiger partial charge in [-0.1, -0.05) is 12.1 Å². The number of carbonyl (C=O) groups is 1. The van der Waals surface area contributed by atoms with E-state index in [-0.39, 0.29) is 12.0 Å². The van der Waals surface area contributed by atoms with E-state index >= 15 is 0 Å². The highest BCUT2D eigenvalue weighted by atomic mass is 16.5. The van der Waals surface area contributed by atoms with Crippen LogP contribution in [-0.4, -0.2) is 25.1 Å². The zero-order chi connectivity index (χ0) is 14.8. The van der Waals surface area contributed by atoms with E-state index in [1.54, 1.807) is 6.08 Å². The Morgan fingerprint density at radius 2 is 2.20 bits per heavy atom. The number of nitrogens with one attached hydrogen (secondary N) is 1. The fourth-order valence-electron chi connectivity index (χ4n) is 1.68. The monoisotopic (exact) mass is 276 g/mol. The molecule has 0 radical (unpaired) electrons. The normalized spacial score (nSPS) is 11.0. The molecule has 0 unspecified atom stereocenters. The lowest BCUT2D eigenvalue weighted by atomic mass is 10.2. The molecule has 0 aliphatic rings. The Balaban J connectivity index is 2.46. The molecular weight excluding hydrogens is 252 g/mol. The maximum atomic E-state index is 11.6. The lowest BCUT2D eigenvalue weighted by Gasteiger charge is -2.09. The highest BCUT2D eigenvalue weighted by molar-refractivity contribution is 5.91. The third kappa shape index (κ3) is 6.95. The topological polar surface area (TPSA) is 64.3 Å². The summed E-state index contributed by atoms with van der Waals surface area (Å²) in [5, 5.41) is 2.82. The minimum absolute atomic E-state index is 0.0859. The summed E-state index contributed by atoms with van der Waals surface area (Å²) in [6.07, 6.45) is 5.30. The molecule has 110 valence electrons. The summed E-state index contributed by atoms with van der Waals surface area (Å²) in [6, 6.07) is 7.67. The largest absolute Gasteiger partial charge is 0.491 e. The Morgan fingerprint density at radius 1 is 1.40 bits per heavy atom. The highest BCUT2D eigenvalue weighted by Gasteiger charge is 1.98. The van der Waals surface area contributed by atoms with Gasteiger partial charge in [0, 0.05) is 12.6 Å². The van der Waals surface area contributed by atoms with Crippen molar-refractivity contribution in [2.24, 2.45) is 5.73 Å². The molecule has 1 rings (SSSR count). The molecule has 0 saturated heterocycles. The minimum atomic E-state index is -0.0859. The van der Waals surface area contributed by atoms with E-state index in [9.17, 15) is 4.79 Å². The predicted octanol–water partition coefficient (Wildman–Crippen LogP) is 2.34. The van der Waals surface area contributed by atoms with E-state index in [0.29, 0.717) is 13.1 Å². The third-order valence-corrected chi connectivity index (χ3v) is 2.59. The molecule has 0 saturated carbocycles. The summed E-state index contributed by atoms with van der Waals surface area (Å²) in [5.74, 6) is 0.725. The molecule has 3 N–H and O–H groups in total. The van der Waals surface area contributed by atoms with E-state index in [2.05, 4.69) is 5.32 Å². The number of carbonyl (C=O) groups excluding carboxylic acids is 1. The molecule has 0 aromatic heterocycles. The SMILES string of the molecule is CC(C)Oc1cccc(/C=C/C(=O)NCCCCN)c1. The average molecular weight is 276 g/mol. The van der Waals surface area contributed by atoms with Gasteiger partial charge in [-0.15, -0.1) is 0 Å². The van der Waals surface area contributed by atoms with Crippen LogP contribution in [0.15, 0.2) is 30.3 Å². The lowest BCUT2D eigenvalue weighted by molar-refractivity contribution is -0.116. The van der Waals surface area contributed by atoms with Gasteiger partial charge in [-0.3, -0.25) is 4.79 Å². The number of benzene rings is 1. The standard InChI is InChI=1S/C16H24N2O2/c1-13(2)20-15-7-5-6-14(12-15)8-9-16(19)18-11-4-3-10-17/h5-9,12-13H,3-4,10-11,17H2,1-2H3,(H,18,19)/b9-8+. The van der Waals surface area contributed by atoms with Crippen molar-refractivity contribution in [3.8, 4) is 5.75 Å². The van der Waals surface area contributed by atoms with E-state index < -0.39 is 0 Å². The number of amides is 1. The van der Waals surface area contributed by atoms with Crippen molar-refractivity contribution in [3.05, 3.63) is 35.9 Å². The second kappa shape index (κ2) is 9.15. The van der Waals surface area contributed by atoms with Crippen LogP contribution in [0.2, 0.25) is 0 Å². The van der Waals surface area contributed by atoms with E-state index in [1.807, 2.05) is 38.1 Å². The Morgan fingerprint density at radius 3 is 2.90 bits per heavy atom. The van der Waals surface area contributed by atoms with Gasteiger partial charge in [-0.25, -0.2) is 0 Å². The first kappa shape index (κ1) is 16.2. The summed E-state index contributed by atoms with van der Waals surface area (Å²) in [4.78, 5) is 11.6. The van der Waals surface area contributed by atoms with Crippen LogP contribution in [0.1, 0.15) is 32.3 Å². The van der Waals surface area contributed by atoms with Crippen molar-refractivity contribution in [2.45, 2.75) is 32.8 Å². The second-order valence-electron chi connectivity index (χ2n) is 4.86. The van der Waals surface area contributed by atoms with Crippen LogP contribution in [0.3, 0.4) is 0 Å². The number of hydrogen-bond donors (Lipinski definition) is 2. The first-order valence-electron chi connectivity index (χ1n) is 7.04. The van der Waals surface area contributed by atoms with Crippen molar-refractivity contribution < 1.29 is 9.53 Å². The Labute approximate surface area is 121 Å². The van der Waals surface area contributed by atoms with E-state index in [0.717, 1.165) is 24.2 Å². The first-order valence-corrected chi connectivity index (χ1v) is 7.04. The summed E-state index contributed by atoms with van der Waals surface area (Å²) in [5.41, 5.74) is 6.33. The molecule has 0 bridgehead atoms. The van der Waals surface area contributed by atoms with E-state index in [4.69, 9.17) is 10.5 Å². The van der Waals surface area contributed by atoms with Crippen molar-refractivity contribution in [3.63, 3.8) is 0 Å². The molecule has 0 atom stereocenters. The summed E-state index contributed by atoms with van der Waals surface area (Å²) < 4.78 is 5.61. The van der Waals surface area contributed by atoms with Gasteiger partial charge in [-0.2, -0.15) is 0 Å². The number of rotatable bonds is 8. The van der Waals surface area contributed by atoms with Crippen molar-refractivity contribution in [2.75, 3.05) is 13.1 Å². The van der Waals surface area contributed by atoms with Gasteiger partial charge in [0.05, 0.1) is 6.10 Å². The maximum absolute atomic E-state index is 11.6. The van der Waals surface area contributed by atoms with Gasteiger partial charge < -0.3 is 15.8 Å². The number of unbranched alkanes of at least 4 members (excludes halogenated alkanes) is 1. The fraction of sp³-hybridized carbons (Fsp3) is 0.438. The van der Waals surface area contributed by atoms with Crippen LogP contribution in [0.4, 0.5) is 0 Å². The van der Waals surface area contributed by atoms with Crippen LogP contribution in [0.25, 0.3) is 6.08 Å². The smallest absolute Gasteiger partial charge is 0.243 e. The molecule has 20 heavy (non-hydrogen) atoms. The summed E-state index contributed by atoms with van der Waals surface area (Å²) in [7, 11) is 0. The molecule has 4 heteroatoms. The highest BCUT2D eigenvalue weighted by Crippen LogP contribution is 2.15. The van der Waals surface area contributed by atoms with Gasteiger partial charge in [-0.05, 0) is 57.0 Å². The third-order valence-electron chi connectivity index (χ3n) is 2.59. The minimum Gasteiger partial charge on any atom is -0.491 e. The van der Waals surface area contributed by atoms with Gasteiger partial charge in [0.2, 0.25) is 5.91 Å². The quantitative estimate of drug-likeness (QED) is 0.566. The van der Waals surface area contributed by atoms with Crippen LogP contribution < -0.4 is 15.8 Å². The number of hydrogen-bond acceptors (Lipinski definition) is 3. The fourth-order valence-corrected chi connectivity index (χ4v) is 1.68. The summed E-state index contributed by atoms with van der Waals surface area (Å²) >= 11 is 0. The lowest BCUT2D eigenvalue weighted by Crippen LogP contribution is -2.22.